The number of rotatable bonds is 9. The van der Waals surface area contributed by atoms with Gasteiger partial charge in [-0.1, -0.05) is 25.1 Å². The summed E-state index contributed by atoms with van der Waals surface area (Å²) in [5, 5.41) is 3.01. The van der Waals surface area contributed by atoms with Crippen molar-refractivity contribution in [1.82, 2.24) is 10.2 Å². The maximum Gasteiger partial charge on any atom is 0.251 e. The summed E-state index contributed by atoms with van der Waals surface area (Å²) in [4.78, 5) is 29.8. The zero-order valence-corrected chi connectivity index (χ0v) is 21.2. The van der Waals surface area contributed by atoms with Crippen LogP contribution in [0.25, 0.3) is 0 Å². The lowest BCUT2D eigenvalue weighted by Gasteiger charge is -2.38. The first-order valence-corrected chi connectivity index (χ1v) is 12.3. The maximum atomic E-state index is 14.2. The molecule has 1 N–H and O–H groups in total. The fourth-order valence-electron chi connectivity index (χ4n) is 4.98. The smallest absolute Gasteiger partial charge is 0.251 e. The lowest BCUT2D eigenvalue weighted by Crippen LogP contribution is -2.46. The molecule has 1 aliphatic rings. The van der Waals surface area contributed by atoms with Crippen LogP contribution >= 0.6 is 0 Å². The summed E-state index contributed by atoms with van der Waals surface area (Å²) in [6.45, 7) is 8.06. The monoisotopic (exact) mass is 467 g/mol. The summed E-state index contributed by atoms with van der Waals surface area (Å²) in [7, 11) is 4.09. The molecule has 6 heteroatoms. The standard InChI is InChI=1S/C28H38FN3O2/c1-19-15-24(27(33)30-12-8-9-13-31(4)5)16-20(2)26(19)32-18-22(14-21(3)28(32)34)17-23-10-6-7-11-25(23)29/h6-7,10-11,15-16,21-22H,8-9,12-14,17-18H2,1-5H3,(H,30,33)/t21-,22-/m1/s1. The Kier molecular flexibility index (Phi) is 8.84. The summed E-state index contributed by atoms with van der Waals surface area (Å²) < 4.78 is 14.2. The van der Waals surface area contributed by atoms with Crippen molar-refractivity contribution in [3.8, 4) is 0 Å². The Balaban J connectivity index is 1.72. The summed E-state index contributed by atoms with van der Waals surface area (Å²) >= 11 is 0. The molecule has 34 heavy (non-hydrogen) atoms. The highest BCUT2D eigenvalue weighted by Crippen LogP contribution is 2.34. The number of carbonyl (C=O) groups is 2. The number of anilines is 1. The number of halogens is 1. The van der Waals surface area contributed by atoms with E-state index in [1.807, 2.05) is 64.0 Å². The van der Waals surface area contributed by atoms with Crippen LogP contribution in [0.3, 0.4) is 0 Å². The van der Waals surface area contributed by atoms with Crippen LogP contribution in [0.15, 0.2) is 36.4 Å². The molecule has 0 aromatic heterocycles. The molecule has 1 heterocycles. The third-order valence-corrected chi connectivity index (χ3v) is 6.62. The van der Waals surface area contributed by atoms with Crippen LogP contribution in [-0.2, 0) is 11.2 Å². The van der Waals surface area contributed by atoms with Gasteiger partial charge in [0.1, 0.15) is 5.82 Å². The van der Waals surface area contributed by atoms with E-state index >= 15 is 0 Å². The minimum Gasteiger partial charge on any atom is -0.352 e. The van der Waals surface area contributed by atoms with Crippen molar-refractivity contribution in [2.45, 2.75) is 46.5 Å². The number of piperidine rings is 1. The van der Waals surface area contributed by atoms with Crippen molar-refractivity contribution in [2.24, 2.45) is 11.8 Å². The minimum absolute atomic E-state index is 0.0848. The first-order chi connectivity index (χ1) is 16.2. The Morgan fingerprint density at radius 2 is 1.82 bits per heavy atom. The number of nitrogens with zero attached hydrogens (tertiary/aromatic N) is 2. The molecule has 2 atom stereocenters. The highest BCUT2D eigenvalue weighted by molar-refractivity contribution is 5.99. The van der Waals surface area contributed by atoms with E-state index in [0.717, 1.165) is 42.6 Å². The van der Waals surface area contributed by atoms with Crippen LogP contribution in [0.2, 0.25) is 0 Å². The van der Waals surface area contributed by atoms with E-state index in [-0.39, 0.29) is 29.5 Å². The fraction of sp³-hybridized carbons (Fsp3) is 0.500. The van der Waals surface area contributed by atoms with E-state index in [1.165, 1.54) is 6.07 Å². The predicted molar refractivity (Wildman–Crippen MR) is 136 cm³/mol. The van der Waals surface area contributed by atoms with Gasteiger partial charge < -0.3 is 15.1 Å². The number of benzene rings is 2. The van der Waals surface area contributed by atoms with Crippen molar-refractivity contribution in [1.29, 1.82) is 0 Å². The fourth-order valence-corrected chi connectivity index (χ4v) is 4.98. The highest BCUT2D eigenvalue weighted by Gasteiger charge is 2.34. The molecule has 2 aromatic rings. The van der Waals surface area contributed by atoms with Crippen LogP contribution in [-0.4, -0.2) is 50.4 Å². The second-order valence-electron chi connectivity index (χ2n) is 9.97. The first kappa shape index (κ1) is 25.9. The zero-order chi connectivity index (χ0) is 24.8. The van der Waals surface area contributed by atoms with Crippen molar-refractivity contribution < 1.29 is 14.0 Å². The zero-order valence-electron chi connectivity index (χ0n) is 21.2. The topological polar surface area (TPSA) is 52.7 Å². The van der Waals surface area contributed by atoms with E-state index in [4.69, 9.17) is 0 Å². The van der Waals surface area contributed by atoms with Crippen molar-refractivity contribution in [2.75, 3.05) is 38.6 Å². The third-order valence-electron chi connectivity index (χ3n) is 6.62. The molecule has 0 aliphatic carbocycles. The van der Waals surface area contributed by atoms with Gasteiger partial charge in [-0.15, -0.1) is 0 Å². The van der Waals surface area contributed by atoms with Gasteiger partial charge in [-0.2, -0.15) is 0 Å². The van der Waals surface area contributed by atoms with Crippen LogP contribution in [0.4, 0.5) is 10.1 Å². The van der Waals surface area contributed by atoms with Crippen LogP contribution < -0.4 is 10.2 Å². The molecule has 0 unspecified atom stereocenters. The quantitative estimate of drug-likeness (QED) is 0.542. The number of nitrogens with one attached hydrogen (secondary N) is 1. The largest absolute Gasteiger partial charge is 0.352 e. The third kappa shape index (κ3) is 6.44. The second-order valence-corrected chi connectivity index (χ2v) is 9.97. The molecule has 5 nitrogen and oxygen atoms in total. The average Bonchev–Trinajstić information content (AvgIpc) is 2.77. The number of hydrogen-bond acceptors (Lipinski definition) is 3. The Bertz CT molecular complexity index is 997. The molecule has 3 rings (SSSR count). The summed E-state index contributed by atoms with van der Waals surface area (Å²) in [6.07, 6.45) is 3.32. The predicted octanol–water partition coefficient (Wildman–Crippen LogP) is 4.75. The van der Waals surface area contributed by atoms with Crippen LogP contribution in [0, 0.1) is 31.5 Å². The van der Waals surface area contributed by atoms with E-state index in [2.05, 4.69) is 10.2 Å². The van der Waals surface area contributed by atoms with Gasteiger partial charge in [0.2, 0.25) is 5.91 Å². The van der Waals surface area contributed by atoms with Crippen molar-refractivity contribution >= 4 is 17.5 Å². The van der Waals surface area contributed by atoms with Gasteiger partial charge in [-0.3, -0.25) is 9.59 Å². The van der Waals surface area contributed by atoms with Gasteiger partial charge >= 0.3 is 0 Å². The lowest BCUT2D eigenvalue weighted by molar-refractivity contribution is -0.124. The van der Waals surface area contributed by atoms with Gasteiger partial charge in [-0.05, 0) is 101 Å². The molecular weight excluding hydrogens is 429 g/mol. The van der Waals surface area contributed by atoms with Crippen molar-refractivity contribution in [3.63, 3.8) is 0 Å². The molecule has 0 radical (unpaired) electrons. The first-order valence-electron chi connectivity index (χ1n) is 12.3. The molecular formula is C28H38FN3O2. The second kappa shape index (κ2) is 11.6. The summed E-state index contributed by atoms with van der Waals surface area (Å²) in [6, 6.07) is 10.6. The van der Waals surface area contributed by atoms with Crippen LogP contribution in [0.5, 0.6) is 0 Å². The molecule has 1 fully saturated rings. The minimum atomic E-state index is -0.192. The molecule has 1 aliphatic heterocycles. The SMILES string of the molecule is Cc1cc(C(=O)NCCCCN(C)C)cc(C)c1N1C[C@@H](Cc2ccccc2F)C[C@@H](C)C1=O. The van der Waals surface area contributed by atoms with E-state index < -0.39 is 0 Å². The normalized spacial score (nSPS) is 18.4. The number of carbonyl (C=O) groups excluding carboxylic acids is 2. The Hall–Kier alpha value is -2.73. The van der Waals surface area contributed by atoms with E-state index in [0.29, 0.717) is 30.6 Å². The Labute approximate surface area is 203 Å². The Morgan fingerprint density at radius 1 is 1.15 bits per heavy atom. The van der Waals surface area contributed by atoms with Gasteiger partial charge in [0.05, 0.1) is 0 Å². The molecule has 2 aromatic carbocycles. The maximum absolute atomic E-state index is 14.2. The number of unbranched alkanes of at least 4 members (excludes halogenated alkanes) is 1. The number of aryl methyl sites for hydroxylation is 2. The highest BCUT2D eigenvalue weighted by atomic mass is 19.1. The van der Waals surface area contributed by atoms with E-state index in [1.54, 1.807) is 6.07 Å². The van der Waals surface area contributed by atoms with Crippen LogP contribution in [0.1, 0.15) is 53.2 Å². The summed E-state index contributed by atoms with van der Waals surface area (Å²) in [5.41, 5.74) is 4.00. The Morgan fingerprint density at radius 3 is 2.47 bits per heavy atom. The van der Waals surface area contributed by atoms with Crippen molar-refractivity contribution in [3.05, 3.63) is 64.5 Å². The molecule has 1 saturated heterocycles. The molecule has 0 bridgehead atoms. The molecule has 184 valence electrons. The van der Waals surface area contributed by atoms with Gasteiger partial charge in [0.15, 0.2) is 0 Å². The van der Waals surface area contributed by atoms with Gasteiger partial charge in [0.25, 0.3) is 5.91 Å². The number of hydrogen-bond donors (Lipinski definition) is 1. The molecule has 0 saturated carbocycles. The molecule has 2 amide bonds. The van der Waals surface area contributed by atoms with Gasteiger partial charge in [0, 0.05) is 30.3 Å². The summed E-state index contributed by atoms with van der Waals surface area (Å²) in [5.74, 6) is -0.140. The molecule has 0 spiro atoms. The number of amides is 2. The van der Waals surface area contributed by atoms with Gasteiger partial charge in [-0.25, -0.2) is 4.39 Å². The average molecular weight is 468 g/mol. The van der Waals surface area contributed by atoms with E-state index in [9.17, 15) is 14.0 Å². The lowest BCUT2D eigenvalue weighted by atomic mass is 9.84.